The lowest BCUT2D eigenvalue weighted by Gasteiger charge is -2.33. The first kappa shape index (κ1) is 22.9. The molecular formula is C24H23N3O4S2. The highest BCUT2D eigenvalue weighted by Crippen LogP contribution is 2.18. The van der Waals surface area contributed by atoms with E-state index in [-0.39, 0.29) is 24.9 Å². The number of hydrogen-bond acceptors (Lipinski definition) is 5. The molecule has 1 aliphatic rings. The van der Waals surface area contributed by atoms with Gasteiger partial charge in [-0.3, -0.25) is 9.59 Å². The Morgan fingerprint density at radius 3 is 2.36 bits per heavy atom. The third-order valence-corrected chi connectivity index (χ3v) is 7.66. The maximum Gasteiger partial charge on any atom is 0.265 e. The molecule has 1 saturated heterocycles. The Balaban J connectivity index is 1.36. The van der Waals surface area contributed by atoms with Crippen LogP contribution in [0, 0.1) is 0 Å². The number of hydrogen-bond donors (Lipinski definition) is 1. The molecule has 0 aliphatic carbocycles. The van der Waals surface area contributed by atoms with Crippen LogP contribution in [-0.2, 0) is 10.0 Å². The second-order valence-corrected chi connectivity index (χ2v) is 10.2. The minimum absolute atomic E-state index is 0.195. The van der Waals surface area contributed by atoms with E-state index in [1.165, 1.54) is 21.1 Å². The lowest BCUT2D eigenvalue weighted by molar-refractivity contribution is 0.0698. The largest absolute Gasteiger partial charge is 0.336 e. The highest BCUT2D eigenvalue weighted by molar-refractivity contribution is 7.92. The van der Waals surface area contributed by atoms with Gasteiger partial charge in [-0.15, -0.1) is 11.3 Å². The number of carbonyl (C=O) groups is 2. The third-order valence-electron chi connectivity index (χ3n) is 5.23. The summed E-state index contributed by atoms with van der Waals surface area (Å²) in [4.78, 5) is 27.5. The van der Waals surface area contributed by atoms with E-state index in [4.69, 9.17) is 0 Å². The first-order valence-electron chi connectivity index (χ1n) is 10.4. The van der Waals surface area contributed by atoms with Crippen molar-refractivity contribution in [3.63, 3.8) is 0 Å². The molecule has 7 nitrogen and oxygen atoms in total. The van der Waals surface area contributed by atoms with Gasteiger partial charge in [-0.1, -0.05) is 42.5 Å². The molecular weight excluding hydrogens is 458 g/mol. The van der Waals surface area contributed by atoms with Gasteiger partial charge < -0.3 is 10.2 Å². The molecule has 0 unspecified atom stereocenters. The first-order valence-corrected chi connectivity index (χ1v) is 12.8. The number of anilines is 1. The number of thiophene rings is 1. The molecule has 1 aliphatic heterocycles. The van der Waals surface area contributed by atoms with Gasteiger partial charge in [-0.05, 0) is 41.3 Å². The number of nitrogens with zero attached hydrogens (tertiary/aromatic N) is 2. The average molecular weight is 482 g/mol. The zero-order valence-electron chi connectivity index (χ0n) is 17.8. The zero-order valence-corrected chi connectivity index (χ0v) is 19.4. The maximum absolute atomic E-state index is 13.0. The highest BCUT2D eigenvalue weighted by atomic mass is 32.2. The summed E-state index contributed by atoms with van der Waals surface area (Å²) in [6, 6.07) is 19.5. The molecule has 0 atom stereocenters. The summed E-state index contributed by atoms with van der Waals surface area (Å²) in [6.07, 6.45) is 1.57. The van der Waals surface area contributed by atoms with Gasteiger partial charge in [-0.2, -0.15) is 4.31 Å². The summed E-state index contributed by atoms with van der Waals surface area (Å²) in [5.41, 5.74) is 1.78. The van der Waals surface area contributed by atoms with E-state index in [0.717, 1.165) is 5.56 Å². The molecule has 0 saturated carbocycles. The average Bonchev–Trinajstić information content (AvgIpc) is 3.39. The minimum atomic E-state index is -3.57. The summed E-state index contributed by atoms with van der Waals surface area (Å²) in [6.45, 7) is 1.04. The van der Waals surface area contributed by atoms with E-state index in [0.29, 0.717) is 29.2 Å². The molecule has 2 amide bonds. The Bertz CT molecular complexity index is 1250. The van der Waals surface area contributed by atoms with Crippen molar-refractivity contribution in [1.29, 1.82) is 0 Å². The number of nitrogens with one attached hydrogen (secondary N) is 1. The molecule has 0 radical (unpaired) electrons. The van der Waals surface area contributed by atoms with Crippen molar-refractivity contribution in [2.24, 2.45) is 0 Å². The molecule has 0 spiro atoms. The predicted octanol–water partition coefficient (Wildman–Crippen LogP) is 3.76. The fraction of sp³-hybridized carbons (Fsp3) is 0.167. The molecule has 9 heteroatoms. The van der Waals surface area contributed by atoms with E-state index < -0.39 is 10.0 Å². The number of carbonyl (C=O) groups excluding carboxylic acids is 2. The van der Waals surface area contributed by atoms with Crippen LogP contribution < -0.4 is 5.32 Å². The monoisotopic (exact) mass is 481 g/mol. The molecule has 1 aromatic heterocycles. The fourth-order valence-corrected chi connectivity index (χ4v) is 5.27. The van der Waals surface area contributed by atoms with E-state index in [1.54, 1.807) is 47.4 Å². The van der Waals surface area contributed by atoms with Crippen LogP contribution in [0.4, 0.5) is 5.69 Å². The van der Waals surface area contributed by atoms with Gasteiger partial charge in [0.2, 0.25) is 10.0 Å². The van der Waals surface area contributed by atoms with Crippen molar-refractivity contribution in [3.8, 4) is 0 Å². The van der Waals surface area contributed by atoms with Gasteiger partial charge in [0, 0.05) is 42.8 Å². The van der Waals surface area contributed by atoms with E-state index in [1.807, 2.05) is 35.7 Å². The Hall–Kier alpha value is -3.27. The Morgan fingerprint density at radius 1 is 0.909 bits per heavy atom. The number of rotatable bonds is 6. The lowest BCUT2D eigenvalue weighted by Crippen LogP contribution is -2.50. The molecule has 33 heavy (non-hydrogen) atoms. The van der Waals surface area contributed by atoms with Gasteiger partial charge in [0.05, 0.1) is 4.88 Å². The molecule has 1 fully saturated rings. The summed E-state index contributed by atoms with van der Waals surface area (Å²) in [5.74, 6) is -0.420. The number of benzene rings is 2. The second kappa shape index (κ2) is 10.1. The van der Waals surface area contributed by atoms with E-state index in [2.05, 4.69) is 5.32 Å². The molecule has 2 heterocycles. The van der Waals surface area contributed by atoms with Crippen molar-refractivity contribution in [3.05, 3.63) is 93.5 Å². The van der Waals surface area contributed by atoms with Crippen molar-refractivity contribution < 1.29 is 18.0 Å². The summed E-state index contributed by atoms with van der Waals surface area (Å²) >= 11 is 1.34. The van der Waals surface area contributed by atoms with Crippen LogP contribution in [-0.4, -0.2) is 55.6 Å². The van der Waals surface area contributed by atoms with Crippen LogP contribution >= 0.6 is 11.3 Å². The normalized spacial score (nSPS) is 15.0. The quantitative estimate of drug-likeness (QED) is 0.581. The van der Waals surface area contributed by atoms with Crippen molar-refractivity contribution in [2.75, 3.05) is 31.5 Å². The predicted molar refractivity (Wildman–Crippen MR) is 131 cm³/mol. The number of piperazine rings is 1. The Kier molecular flexibility index (Phi) is 7.02. The number of amides is 2. The zero-order chi connectivity index (χ0) is 23.3. The maximum atomic E-state index is 13.0. The van der Waals surface area contributed by atoms with Crippen LogP contribution in [0.15, 0.2) is 77.5 Å². The molecule has 0 bridgehead atoms. The van der Waals surface area contributed by atoms with Gasteiger partial charge in [0.15, 0.2) is 0 Å². The Labute approximate surface area is 197 Å². The van der Waals surface area contributed by atoms with E-state index >= 15 is 0 Å². The van der Waals surface area contributed by atoms with Gasteiger partial charge in [0.25, 0.3) is 11.8 Å². The summed E-state index contributed by atoms with van der Waals surface area (Å²) in [5, 5.41) is 5.84. The van der Waals surface area contributed by atoms with Crippen molar-refractivity contribution in [1.82, 2.24) is 9.21 Å². The van der Waals surface area contributed by atoms with Gasteiger partial charge in [-0.25, -0.2) is 8.42 Å². The second-order valence-electron chi connectivity index (χ2n) is 7.46. The molecule has 4 rings (SSSR count). The highest BCUT2D eigenvalue weighted by Gasteiger charge is 2.28. The summed E-state index contributed by atoms with van der Waals surface area (Å²) < 4.78 is 26.7. The van der Waals surface area contributed by atoms with Crippen LogP contribution in [0.5, 0.6) is 0 Å². The Morgan fingerprint density at radius 2 is 1.67 bits per heavy atom. The van der Waals surface area contributed by atoms with Crippen LogP contribution in [0.2, 0.25) is 0 Å². The molecule has 170 valence electrons. The van der Waals surface area contributed by atoms with Crippen molar-refractivity contribution in [2.45, 2.75) is 0 Å². The lowest BCUT2D eigenvalue weighted by atomic mass is 10.1. The van der Waals surface area contributed by atoms with Gasteiger partial charge >= 0.3 is 0 Å². The smallest absolute Gasteiger partial charge is 0.265 e. The first-order chi connectivity index (χ1) is 15.9. The summed E-state index contributed by atoms with van der Waals surface area (Å²) in [7, 11) is -3.57. The van der Waals surface area contributed by atoms with Crippen LogP contribution in [0.25, 0.3) is 6.08 Å². The standard InChI is InChI=1S/C24H23N3O4S2/c28-23(22-10-5-16-32-22)25-21-9-4-8-20(18-21)24(29)26-12-14-27(15-13-26)33(30,31)17-11-19-6-2-1-3-7-19/h1-11,16-18H,12-15H2,(H,25,28)/b17-11+. The van der Waals surface area contributed by atoms with Crippen molar-refractivity contribution >= 4 is 44.9 Å². The van der Waals surface area contributed by atoms with Crippen LogP contribution in [0.1, 0.15) is 25.6 Å². The fourth-order valence-electron chi connectivity index (χ4n) is 3.47. The molecule has 2 aromatic carbocycles. The van der Waals surface area contributed by atoms with E-state index in [9.17, 15) is 18.0 Å². The van der Waals surface area contributed by atoms with Gasteiger partial charge in [0.1, 0.15) is 0 Å². The SMILES string of the molecule is O=C(Nc1cccc(C(=O)N2CCN(S(=O)(=O)/C=C/c3ccccc3)CC2)c1)c1cccs1. The minimum Gasteiger partial charge on any atom is -0.336 e. The number of sulfonamides is 1. The molecule has 3 aromatic rings. The van der Waals surface area contributed by atoms with Crippen LogP contribution in [0.3, 0.4) is 0 Å². The topological polar surface area (TPSA) is 86.8 Å². The third kappa shape index (κ3) is 5.75. The molecule has 1 N–H and O–H groups in total.